The zero-order valence-corrected chi connectivity index (χ0v) is 25.7. The SMILES string of the molecule is Cc1cc(Nc2ccc(CN(C(=O)/C=C/c3ccc(C(F)(F)F)cc3)C3CCN(c4ncn5ccccc45)C(C)C3)cc2)ccn1. The molecule has 236 valence electrons. The molecule has 1 aliphatic heterocycles. The zero-order chi connectivity index (χ0) is 32.3. The summed E-state index contributed by atoms with van der Waals surface area (Å²) >= 11 is 0. The van der Waals surface area contributed by atoms with Crippen molar-refractivity contribution in [2.24, 2.45) is 0 Å². The molecule has 2 unspecified atom stereocenters. The first-order valence-electron chi connectivity index (χ1n) is 15.3. The number of amides is 1. The van der Waals surface area contributed by atoms with Gasteiger partial charge < -0.3 is 19.5 Å². The minimum absolute atomic E-state index is 0.0394. The molecule has 5 aromatic rings. The molecular weight excluding hydrogens is 589 g/mol. The fourth-order valence-corrected chi connectivity index (χ4v) is 6.01. The van der Waals surface area contributed by atoms with Crippen molar-refractivity contribution in [2.45, 2.75) is 51.5 Å². The smallest absolute Gasteiger partial charge is 0.355 e. The van der Waals surface area contributed by atoms with Crippen LogP contribution < -0.4 is 10.2 Å². The number of nitrogens with zero attached hydrogens (tertiary/aromatic N) is 5. The van der Waals surface area contributed by atoms with E-state index in [0.29, 0.717) is 12.1 Å². The lowest BCUT2D eigenvalue weighted by Gasteiger charge is -2.42. The fourth-order valence-electron chi connectivity index (χ4n) is 6.01. The van der Waals surface area contributed by atoms with Crippen LogP contribution in [0.3, 0.4) is 0 Å². The number of aromatic nitrogens is 3. The van der Waals surface area contributed by atoms with Crippen molar-refractivity contribution >= 4 is 34.7 Å². The van der Waals surface area contributed by atoms with Crippen molar-refractivity contribution < 1.29 is 18.0 Å². The second-order valence-electron chi connectivity index (χ2n) is 11.7. The van der Waals surface area contributed by atoms with Crippen molar-refractivity contribution in [2.75, 3.05) is 16.8 Å². The maximum atomic E-state index is 13.8. The maximum absolute atomic E-state index is 13.8. The molecule has 2 aromatic carbocycles. The Hall–Kier alpha value is -5.12. The molecule has 1 aliphatic rings. The van der Waals surface area contributed by atoms with E-state index in [4.69, 9.17) is 0 Å². The molecule has 0 spiro atoms. The number of imidazole rings is 1. The van der Waals surface area contributed by atoms with Gasteiger partial charge in [0.25, 0.3) is 0 Å². The lowest BCUT2D eigenvalue weighted by atomic mass is 9.95. The Bertz CT molecular complexity index is 1830. The Balaban J connectivity index is 1.21. The molecular formula is C36H35F3N6O. The van der Waals surface area contributed by atoms with Crippen LogP contribution in [0, 0.1) is 6.92 Å². The zero-order valence-electron chi connectivity index (χ0n) is 25.7. The summed E-state index contributed by atoms with van der Waals surface area (Å²) in [6.07, 6.45) is 5.68. The van der Waals surface area contributed by atoms with Gasteiger partial charge in [0, 0.05) is 60.7 Å². The Kier molecular flexibility index (Phi) is 8.78. The average Bonchev–Trinajstić information content (AvgIpc) is 3.47. The van der Waals surface area contributed by atoms with E-state index in [1.165, 1.54) is 18.2 Å². The molecule has 7 nitrogen and oxygen atoms in total. The molecule has 10 heteroatoms. The summed E-state index contributed by atoms with van der Waals surface area (Å²) in [6.45, 7) is 5.22. The third-order valence-electron chi connectivity index (χ3n) is 8.42. The highest BCUT2D eigenvalue weighted by molar-refractivity contribution is 5.92. The van der Waals surface area contributed by atoms with Crippen LogP contribution in [0.4, 0.5) is 30.4 Å². The van der Waals surface area contributed by atoms with Crippen LogP contribution in [0.15, 0.2) is 104 Å². The van der Waals surface area contributed by atoms with Gasteiger partial charge in [0.2, 0.25) is 5.91 Å². The van der Waals surface area contributed by atoms with E-state index >= 15 is 0 Å². The minimum atomic E-state index is -4.41. The number of carbonyl (C=O) groups excluding carboxylic acids is 1. The van der Waals surface area contributed by atoms with Crippen molar-refractivity contribution in [3.05, 3.63) is 126 Å². The number of halogens is 3. The summed E-state index contributed by atoms with van der Waals surface area (Å²) in [5.74, 6) is 0.742. The predicted molar refractivity (Wildman–Crippen MR) is 175 cm³/mol. The van der Waals surface area contributed by atoms with Gasteiger partial charge in [-0.15, -0.1) is 0 Å². The van der Waals surface area contributed by atoms with Crippen LogP contribution in [0.25, 0.3) is 11.6 Å². The number of hydrogen-bond acceptors (Lipinski definition) is 5. The fraction of sp³-hybridized carbons (Fsp3) is 0.250. The highest BCUT2D eigenvalue weighted by Crippen LogP contribution is 2.31. The van der Waals surface area contributed by atoms with Crippen LogP contribution in [0.1, 0.15) is 42.1 Å². The van der Waals surface area contributed by atoms with E-state index in [0.717, 1.165) is 65.5 Å². The number of carbonyl (C=O) groups is 1. The first-order valence-corrected chi connectivity index (χ1v) is 15.3. The van der Waals surface area contributed by atoms with Crippen LogP contribution in [0.2, 0.25) is 0 Å². The number of anilines is 3. The van der Waals surface area contributed by atoms with Crippen molar-refractivity contribution in [1.82, 2.24) is 19.3 Å². The monoisotopic (exact) mass is 624 g/mol. The van der Waals surface area contributed by atoms with E-state index < -0.39 is 11.7 Å². The lowest BCUT2D eigenvalue weighted by molar-refractivity contribution is -0.137. The molecule has 0 aliphatic carbocycles. The number of hydrogen-bond donors (Lipinski definition) is 1. The van der Waals surface area contributed by atoms with Crippen LogP contribution in [-0.2, 0) is 17.5 Å². The van der Waals surface area contributed by atoms with Gasteiger partial charge in [0.15, 0.2) is 5.82 Å². The number of piperidine rings is 1. The van der Waals surface area contributed by atoms with Gasteiger partial charge in [-0.25, -0.2) is 4.98 Å². The predicted octanol–water partition coefficient (Wildman–Crippen LogP) is 7.90. The number of rotatable bonds is 8. The van der Waals surface area contributed by atoms with Gasteiger partial charge >= 0.3 is 6.18 Å². The highest BCUT2D eigenvalue weighted by Gasteiger charge is 2.33. The van der Waals surface area contributed by atoms with Gasteiger partial charge in [-0.05, 0) is 92.4 Å². The van der Waals surface area contributed by atoms with Gasteiger partial charge in [-0.3, -0.25) is 9.78 Å². The number of pyridine rings is 2. The van der Waals surface area contributed by atoms with Crippen LogP contribution in [-0.4, -0.2) is 43.8 Å². The molecule has 2 atom stereocenters. The van der Waals surface area contributed by atoms with Crippen LogP contribution >= 0.6 is 0 Å². The molecule has 0 bridgehead atoms. The normalized spacial score (nSPS) is 17.0. The van der Waals surface area contributed by atoms with Gasteiger partial charge in [0.05, 0.1) is 11.1 Å². The van der Waals surface area contributed by atoms with Crippen LogP contribution in [0.5, 0.6) is 0 Å². The largest absolute Gasteiger partial charge is 0.416 e. The van der Waals surface area contributed by atoms with E-state index in [9.17, 15) is 18.0 Å². The first kappa shape index (κ1) is 30.9. The first-order chi connectivity index (χ1) is 22.1. The highest BCUT2D eigenvalue weighted by atomic mass is 19.4. The Morgan fingerprint density at radius 2 is 1.80 bits per heavy atom. The van der Waals surface area contributed by atoms with Gasteiger partial charge in [-0.1, -0.05) is 30.3 Å². The summed E-state index contributed by atoms with van der Waals surface area (Å²) in [5.41, 5.74) is 4.60. The molecule has 3 aromatic heterocycles. The summed E-state index contributed by atoms with van der Waals surface area (Å²) in [7, 11) is 0. The van der Waals surface area contributed by atoms with Crippen molar-refractivity contribution in [1.29, 1.82) is 0 Å². The molecule has 1 amide bonds. The lowest BCUT2D eigenvalue weighted by Crippen LogP contribution is -2.50. The molecule has 1 fully saturated rings. The molecule has 0 radical (unpaired) electrons. The van der Waals surface area contributed by atoms with E-state index in [2.05, 4.69) is 33.2 Å². The summed E-state index contributed by atoms with van der Waals surface area (Å²) in [5, 5.41) is 3.38. The number of nitrogens with one attached hydrogen (secondary N) is 1. The quantitative estimate of drug-likeness (QED) is 0.178. The second-order valence-corrected chi connectivity index (χ2v) is 11.7. The third kappa shape index (κ3) is 7.06. The Labute approximate surface area is 266 Å². The molecule has 0 saturated carbocycles. The van der Waals surface area contributed by atoms with E-state index in [1.54, 1.807) is 12.3 Å². The third-order valence-corrected chi connectivity index (χ3v) is 8.42. The number of fused-ring (bicyclic) bond motifs is 1. The molecule has 4 heterocycles. The van der Waals surface area contributed by atoms with Gasteiger partial charge in [0.1, 0.15) is 6.33 Å². The topological polar surface area (TPSA) is 65.8 Å². The average molecular weight is 625 g/mol. The molecule has 1 N–H and O–H groups in total. The molecule has 46 heavy (non-hydrogen) atoms. The Morgan fingerprint density at radius 3 is 2.52 bits per heavy atom. The molecule has 6 rings (SSSR count). The summed E-state index contributed by atoms with van der Waals surface area (Å²) in [4.78, 5) is 26.9. The van der Waals surface area contributed by atoms with E-state index in [1.807, 2.05) is 77.3 Å². The number of alkyl halides is 3. The molecule has 1 saturated heterocycles. The minimum Gasteiger partial charge on any atom is -0.355 e. The number of aryl methyl sites for hydroxylation is 1. The van der Waals surface area contributed by atoms with E-state index in [-0.39, 0.29) is 18.0 Å². The maximum Gasteiger partial charge on any atom is 0.416 e. The summed E-state index contributed by atoms with van der Waals surface area (Å²) in [6, 6.07) is 22.8. The standard InChI is InChI=1S/C36H35F3N6O/c1-25-21-31(16-18-40-25)42-30-13-8-28(9-14-30)23-45(34(46)15-10-27-6-11-29(12-7-27)36(37,38)39)32-17-20-44(26(2)22-32)35-33-5-3-4-19-43(33)24-41-35/h3-16,18-19,21,24,26,32H,17,20,22-23H2,1-2H3,(H,40,42)/b15-10+. The number of benzene rings is 2. The van der Waals surface area contributed by atoms with Gasteiger partial charge in [-0.2, -0.15) is 13.2 Å². The van der Waals surface area contributed by atoms with Crippen molar-refractivity contribution in [3.63, 3.8) is 0 Å². The van der Waals surface area contributed by atoms with Crippen molar-refractivity contribution in [3.8, 4) is 0 Å². The summed E-state index contributed by atoms with van der Waals surface area (Å²) < 4.78 is 41.1. The second kappa shape index (κ2) is 13.1. The Morgan fingerprint density at radius 1 is 1.02 bits per heavy atom.